The van der Waals surface area contributed by atoms with Gasteiger partial charge in [-0.15, -0.1) is 0 Å². The fourth-order valence-electron chi connectivity index (χ4n) is 5.18. The van der Waals surface area contributed by atoms with Crippen LogP contribution in [-0.4, -0.2) is 19.5 Å². The van der Waals surface area contributed by atoms with Crippen molar-refractivity contribution in [2.45, 2.75) is 37.1 Å². The number of carbonyl (C=O) groups is 1. The molecule has 0 amide bonds. The average molecular weight is 475 g/mol. The number of allylic oxidation sites excluding steroid dienone is 2. The number of hydrogen-bond acceptors (Lipinski definition) is 4. The molecule has 0 radical (unpaired) electrons. The zero-order valence-corrected chi connectivity index (χ0v) is 19.8. The lowest BCUT2D eigenvalue weighted by Crippen LogP contribution is -2.30. The Bertz CT molecular complexity index is 1410. The Kier molecular flexibility index (Phi) is 5.44. The molecule has 3 atom stereocenters. The molecule has 7 heteroatoms. The summed E-state index contributed by atoms with van der Waals surface area (Å²) in [7, 11) is -3.78. The molecule has 3 N–H and O–H groups in total. The highest BCUT2D eigenvalue weighted by Gasteiger charge is 2.39. The molecule has 174 valence electrons. The van der Waals surface area contributed by atoms with Gasteiger partial charge in [0.2, 0.25) is 0 Å². The Hall–Kier alpha value is -3.58. The number of sulfonamides is 1. The monoisotopic (exact) mass is 474 g/mol. The van der Waals surface area contributed by atoms with Crippen LogP contribution in [0.4, 0.5) is 11.4 Å². The molecule has 34 heavy (non-hydrogen) atoms. The summed E-state index contributed by atoms with van der Waals surface area (Å²) in [6, 6.07) is 17.7. The van der Waals surface area contributed by atoms with E-state index in [1.165, 1.54) is 0 Å². The van der Waals surface area contributed by atoms with E-state index in [1.54, 1.807) is 30.3 Å². The van der Waals surface area contributed by atoms with E-state index in [2.05, 4.69) is 22.2 Å². The van der Waals surface area contributed by atoms with E-state index in [-0.39, 0.29) is 28.3 Å². The maximum Gasteiger partial charge on any atom is 0.336 e. The molecule has 1 aliphatic carbocycles. The molecule has 3 aromatic carbocycles. The van der Waals surface area contributed by atoms with Gasteiger partial charge in [-0.05, 0) is 72.7 Å². The first-order valence-electron chi connectivity index (χ1n) is 11.2. The van der Waals surface area contributed by atoms with E-state index in [9.17, 15) is 18.3 Å². The van der Waals surface area contributed by atoms with Crippen LogP contribution in [0.25, 0.3) is 0 Å². The molecule has 0 spiro atoms. The number of aromatic carboxylic acids is 1. The summed E-state index contributed by atoms with van der Waals surface area (Å²) in [6.07, 6.45) is 4.99. The third-order valence-corrected chi connectivity index (χ3v) is 8.24. The maximum atomic E-state index is 13.3. The Morgan fingerprint density at radius 3 is 2.47 bits per heavy atom. The lowest BCUT2D eigenvalue weighted by atomic mass is 9.76. The fourth-order valence-corrected chi connectivity index (χ4v) is 6.42. The number of hydrogen-bond donors (Lipinski definition) is 3. The summed E-state index contributed by atoms with van der Waals surface area (Å²) < 4.78 is 29.3. The molecule has 0 fully saturated rings. The van der Waals surface area contributed by atoms with Crippen LogP contribution < -0.4 is 10.0 Å². The highest BCUT2D eigenvalue weighted by molar-refractivity contribution is 7.92. The first-order valence-corrected chi connectivity index (χ1v) is 12.7. The van der Waals surface area contributed by atoms with E-state index in [0.717, 1.165) is 34.4 Å². The van der Waals surface area contributed by atoms with Gasteiger partial charge in [0.15, 0.2) is 0 Å². The Morgan fingerprint density at radius 1 is 1.00 bits per heavy atom. The van der Waals surface area contributed by atoms with Crippen LogP contribution in [0.15, 0.2) is 77.7 Å². The standard InChI is InChI=1S/C27H26N2O4S/c1-16-7-5-8-17(2)25(16)29-34(32,33)18-13-14-24-23(15-18)19-11-6-12-20(19)26(28-24)21-9-3-4-10-22(21)27(30)31/h3-11,13-15,19-20,26,28-29H,12H2,1-2H3,(H,30,31)/t19-,20+,26-/m0/s1. The lowest BCUT2D eigenvalue weighted by Gasteiger charge is -2.38. The topological polar surface area (TPSA) is 95.5 Å². The maximum absolute atomic E-state index is 13.3. The Labute approximate surface area is 199 Å². The quantitative estimate of drug-likeness (QED) is 0.417. The van der Waals surface area contributed by atoms with Crippen LogP contribution in [0, 0.1) is 19.8 Å². The van der Waals surface area contributed by atoms with Crippen LogP contribution in [-0.2, 0) is 10.0 Å². The third-order valence-electron chi connectivity index (χ3n) is 6.89. The zero-order valence-electron chi connectivity index (χ0n) is 18.9. The smallest absolute Gasteiger partial charge is 0.336 e. The van der Waals surface area contributed by atoms with Crippen LogP contribution >= 0.6 is 0 Å². The summed E-state index contributed by atoms with van der Waals surface area (Å²) in [5, 5.41) is 13.2. The molecule has 0 saturated heterocycles. The Morgan fingerprint density at radius 2 is 1.74 bits per heavy atom. The van der Waals surface area contributed by atoms with Crippen molar-refractivity contribution < 1.29 is 18.3 Å². The third kappa shape index (κ3) is 3.76. The first-order chi connectivity index (χ1) is 16.3. The molecule has 5 rings (SSSR count). The van der Waals surface area contributed by atoms with Crippen molar-refractivity contribution in [2.75, 3.05) is 10.0 Å². The average Bonchev–Trinajstić information content (AvgIpc) is 3.31. The number of fused-ring (bicyclic) bond motifs is 3. The van der Waals surface area contributed by atoms with Crippen molar-refractivity contribution in [3.05, 3.63) is 101 Å². The van der Waals surface area contributed by atoms with Gasteiger partial charge in [-0.2, -0.15) is 0 Å². The van der Waals surface area contributed by atoms with E-state index < -0.39 is 16.0 Å². The minimum atomic E-state index is -3.78. The van der Waals surface area contributed by atoms with Gasteiger partial charge < -0.3 is 10.4 Å². The zero-order chi connectivity index (χ0) is 24.0. The van der Waals surface area contributed by atoms with Crippen molar-refractivity contribution in [1.29, 1.82) is 0 Å². The number of aryl methyl sites for hydroxylation is 2. The van der Waals surface area contributed by atoms with Crippen LogP contribution in [0.1, 0.15) is 51.0 Å². The summed E-state index contributed by atoms with van der Waals surface area (Å²) in [5.74, 6) is -0.860. The second kappa shape index (κ2) is 8.33. The minimum absolute atomic E-state index is 0.00144. The van der Waals surface area contributed by atoms with Gasteiger partial charge in [-0.25, -0.2) is 13.2 Å². The molecule has 2 aliphatic rings. The van der Waals surface area contributed by atoms with E-state index >= 15 is 0 Å². The SMILES string of the molecule is Cc1cccc(C)c1NS(=O)(=O)c1ccc2c(c1)[C@H]1C=CC[C@H]1[C@@H](c1ccccc1C(=O)O)N2. The van der Waals surface area contributed by atoms with Gasteiger partial charge in [-0.3, -0.25) is 4.72 Å². The first kappa shape index (κ1) is 22.2. The van der Waals surface area contributed by atoms with E-state index in [4.69, 9.17) is 0 Å². The normalized spacial score (nSPS) is 20.8. The predicted octanol–water partition coefficient (Wildman–Crippen LogP) is 5.63. The number of carboxylic acids is 1. The number of carboxylic acid groups (broad SMARTS) is 1. The number of benzene rings is 3. The minimum Gasteiger partial charge on any atom is -0.478 e. The summed E-state index contributed by atoms with van der Waals surface area (Å²) in [4.78, 5) is 12.0. The molecule has 1 heterocycles. The van der Waals surface area contributed by atoms with E-state index in [0.29, 0.717) is 5.69 Å². The summed E-state index contributed by atoms with van der Waals surface area (Å²) >= 11 is 0. The van der Waals surface area contributed by atoms with Crippen molar-refractivity contribution in [3.8, 4) is 0 Å². The number of rotatable bonds is 5. The van der Waals surface area contributed by atoms with Gasteiger partial charge >= 0.3 is 5.97 Å². The summed E-state index contributed by atoms with van der Waals surface area (Å²) in [6.45, 7) is 3.76. The van der Waals surface area contributed by atoms with Crippen LogP contribution in [0.3, 0.4) is 0 Å². The highest BCUT2D eigenvalue weighted by Crippen LogP contribution is 2.50. The van der Waals surface area contributed by atoms with Gasteiger partial charge in [0.1, 0.15) is 0 Å². The molecule has 0 saturated carbocycles. The molecular formula is C27H26N2O4S. The largest absolute Gasteiger partial charge is 0.478 e. The molecule has 0 bridgehead atoms. The molecule has 0 aromatic heterocycles. The highest BCUT2D eigenvalue weighted by atomic mass is 32.2. The second-order valence-corrected chi connectivity index (χ2v) is 10.7. The van der Waals surface area contributed by atoms with Gasteiger partial charge in [0.25, 0.3) is 10.0 Å². The van der Waals surface area contributed by atoms with Crippen molar-refractivity contribution in [3.63, 3.8) is 0 Å². The van der Waals surface area contributed by atoms with Gasteiger partial charge in [0, 0.05) is 11.6 Å². The molecule has 6 nitrogen and oxygen atoms in total. The van der Waals surface area contributed by atoms with Gasteiger partial charge in [-0.1, -0.05) is 48.6 Å². The van der Waals surface area contributed by atoms with Crippen LogP contribution in [0.5, 0.6) is 0 Å². The molecule has 3 aromatic rings. The van der Waals surface area contributed by atoms with Crippen molar-refractivity contribution >= 4 is 27.4 Å². The molecule has 0 unspecified atom stereocenters. The molecular weight excluding hydrogens is 448 g/mol. The summed E-state index contributed by atoms with van der Waals surface area (Å²) in [5.41, 5.74) is 5.08. The van der Waals surface area contributed by atoms with Crippen molar-refractivity contribution in [1.82, 2.24) is 0 Å². The molecule has 1 aliphatic heterocycles. The fraction of sp³-hybridized carbons (Fsp3) is 0.222. The van der Waals surface area contributed by atoms with Crippen LogP contribution in [0.2, 0.25) is 0 Å². The predicted molar refractivity (Wildman–Crippen MR) is 133 cm³/mol. The number of nitrogens with one attached hydrogen (secondary N) is 2. The van der Waals surface area contributed by atoms with Crippen molar-refractivity contribution in [2.24, 2.45) is 5.92 Å². The van der Waals surface area contributed by atoms with E-state index in [1.807, 2.05) is 44.2 Å². The van der Waals surface area contributed by atoms with Gasteiger partial charge in [0.05, 0.1) is 22.2 Å². The number of anilines is 2. The Balaban J connectivity index is 1.53. The number of para-hydroxylation sites is 1. The second-order valence-electron chi connectivity index (χ2n) is 8.99. The lowest BCUT2D eigenvalue weighted by molar-refractivity contribution is 0.0694.